The fourth-order valence-corrected chi connectivity index (χ4v) is 9.24. The number of aliphatic hydroxyl groups is 1. The molecule has 12 heteroatoms. The highest BCUT2D eigenvalue weighted by Gasteiger charge is 2.58. The number of hydrogen-bond acceptors (Lipinski definition) is 9. The van der Waals surface area contributed by atoms with Gasteiger partial charge in [-0.1, -0.05) is 36.4 Å². The van der Waals surface area contributed by atoms with Gasteiger partial charge in [-0.15, -0.1) is 0 Å². The topological polar surface area (TPSA) is 133 Å². The van der Waals surface area contributed by atoms with Crippen molar-refractivity contribution in [2.24, 2.45) is 17.8 Å². The van der Waals surface area contributed by atoms with Gasteiger partial charge in [0.25, 0.3) is 0 Å². The standard InChI is InChI=1S/C39H43BIN3O7/c1-50-34-19-25(18-31(41)37(34)46)17-26(32-9-5-6-14-42-32)10-11-33-35-27(23-45)20-29-36(30(35)21-40(49)51-33)39(48)44(38(29)47)28-12-15-43(16-13-28)22-24-7-3-2-4-8-24/h2-9,14,17-19,28-30,33,36,45-46,49H,10-13,15-16,20-23H2,1H3/b26-17-/t29-,30+,33-,36-/m1/s1. The van der Waals surface area contributed by atoms with Crippen molar-refractivity contribution < 1.29 is 34.2 Å². The Hall–Kier alpha value is -3.56. The molecule has 2 aromatic carbocycles. The van der Waals surface area contributed by atoms with Gasteiger partial charge in [-0.05, 0) is 125 Å². The molecule has 2 amide bonds. The van der Waals surface area contributed by atoms with Crippen LogP contribution < -0.4 is 4.74 Å². The fraction of sp³-hybridized carbons (Fsp3) is 0.410. The number of phenols is 1. The zero-order valence-corrected chi connectivity index (χ0v) is 30.8. The minimum absolute atomic E-state index is 0.0800. The molecule has 3 fully saturated rings. The molecule has 3 saturated heterocycles. The van der Waals surface area contributed by atoms with Crippen LogP contribution in [0.1, 0.15) is 48.9 Å². The number of carbonyl (C=O) groups is 2. The predicted octanol–water partition coefficient (Wildman–Crippen LogP) is 5.18. The summed E-state index contributed by atoms with van der Waals surface area (Å²) in [6, 6.07) is 19.5. The Labute approximate surface area is 312 Å². The van der Waals surface area contributed by atoms with E-state index in [0.29, 0.717) is 28.6 Å². The van der Waals surface area contributed by atoms with E-state index in [1.54, 1.807) is 17.2 Å². The lowest BCUT2D eigenvalue weighted by Gasteiger charge is -2.43. The summed E-state index contributed by atoms with van der Waals surface area (Å²) in [5.74, 6) is -1.37. The van der Waals surface area contributed by atoms with E-state index in [0.717, 1.165) is 60.5 Å². The number of allylic oxidation sites excluding steroid dienone is 1. The SMILES string of the molecule is COc1cc(/C=C(/CC[C@H]2OB(O)C[C@H]3C2=C(CO)C[C@H]2C(=O)N(C4CCN(Cc5ccccc5)CC4)C(=O)[C@H]23)c2ccccn2)cc(I)c1O. The van der Waals surface area contributed by atoms with Crippen molar-refractivity contribution in [1.29, 1.82) is 0 Å². The zero-order valence-electron chi connectivity index (χ0n) is 28.7. The van der Waals surface area contributed by atoms with Crippen LogP contribution in [-0.4, -0.2) is 87.9 Å². The van der Waals surface area contributed by atoms with Gasteiger partial charge in [-0.3, -0.25) is 24.4 Å². The smallest absolute Gasteiger partial charge is 0.455 e. The highest BCUT2D eigenvalue weighted by molar-refractivity contribution is 14.1. The lowest BCUT2D eigenvalue weighted by molar-refractivity contribution is -0.144. The number of methoxy groups -OCH3 is 1. The Morgan fingerprint density at radius 1 is 1.08 bits per heavy atom. The molecule has 4 aliphatic rings. The molecule has 4 heterocycles. The number of imide groups is 1. The lowest BCUT2D eigenvalue weighted by Crippen LogP contribution is -2.48. The summed E-state index contributed by atoms with van der Waals surface area (Å²) in [7, 11) is 0.407. The van der Waals surface area contributed by atoms with E-state index >= 15 is 0 Å². The number of fused-ring (bicyclic) bond motifs is 3. The van der Waals surface area contributed by atoms with Crippen LogP contribution in [0.5, 0.6) is 11.5 Å². The number of aromatic nitrogens is 1. The van der Waals surface area contributed by atoms with Crippen LogP contribution in [0, 0.1) is 21.3 Å². The molecule has 0 saturated carbocycles. The molecular weight excluding hydrogens is 760 g/mol. The summed E-state index contributed by atoms with van der Waals surface area (Å²) in [6.45, 7) is 2.21. The summed E-state index contributed by atoms with van der Waals surface area (Å²) in [6.07, 6.45) is 6.12. The van der Waals surface area contributed by atoms with Crippen molar-refractivity contribution >= 4 is 53.2 Å². The molecule has 7 rings (SSSR count). The number of benzene rings is 2. The quantitative estimate of drug-likeness (QED) is 0.110. The second-order valence-corrected chi connectivity index (χ2v) is 15.2. The minimum atomic E-state index is -1.11. The Kier molecular flexibility index (Phi) is 11.0. The van der Waals surface area contributed by atoms with Gasteiger partial charge >= 0.3 is 7.12 Å². The number of aromatic hydroxyl groups is 1. The van der Waals surface area contributed by atoms with Gasteiger partial charge in [0.2, 0.25) is 11.8 Å². The molecular formula is C39H43BIN3O7. The van der Waals surface area contributed by atoms with E-state index in [-0.39, 0.29) is 36.5 Å². The van der Waals surface area contributed by atoms with Gasteiger partial charge in [0, 0.05) is 31.9 Å². The number of amides is 2. The van der Waals surface area contributed by atoms with Crippen LogP contribution >= 0.6 is 22.6 Å². The molecule has 3 aliphatic heterocycles. The number of piperidine rings is 1. The molecule has 1 aliphatic carbocycles. The Morgan fingerprint density at radius 3 is 2.55 bits per heavy atom. The van der Waals surface area contributed by atoms with Gasteiger partial charge in [-0.2, -0.15) is 0 Å². The maximum absolute atomic E-state index is 14.3. The maximum atomic E-state index is 14.3. The van der Waals surface area contributed by atoms with Crippen LogP contribution in [0.3, 0.4) is 0 Å². The average Bonchev–Trinajstić information content (AvgIpc) is 3.40. The number of pyridine rings is 1. The van der Waals surface area contributed by atoms with E-state index < -0.39 is 31.0 Å². The number of halogens is 1. The number of rotatable bonds is 10. The van der Waals surface area contributed by atoms with E-state index in [1.807, 2.05) is 48.5 Å². The fourth-order valence-electron chi connectivity index (χ4n) is 8.62. The Morgan fingerprint density at radius 2 is 1.84 bits per heavy atom. The van der Waals surface area contributed by atoms with Crippen LogP contribution in [0.4, 0.5) is 0 Å². The van der Waals surface area contributed by atoms with Gasteiger partial charge in [-0.25, -0.2) is 0 Å². The first kappa shape index (κ1) is 35.8. The van der Waals surface area contributed by atoms with E-state index in [9.17, 15) is 24.8 Å². The number of likely N-dealkylation sites (tertiary alicyclic amines) is 2. The van der Waals surface area contributed by atoms with Gasteiger partial charge in [0.15, 0.2) is 11.5 Å². The second-order valence-electron chi connectivity index (χ2n) is 14.0. The monoisotopic (exact) mass is 803 g/mol. The molecule has 1 aromatic heterocycles. The van der Waals surface area contributed by atoms with Crippen LogP contribution in [-0.2, 0) is 20.8 Å². The van der Waals surface area contributed by atoms with Gasteiger partial charge in [0.1, 0.15) is 0 Å². The number of phenolic OH excluding ortho intramolecular Hbond substituents is 1. The molecule has 0 spiro atoms. The molecule has 3 N–H and O–H groups in total. The number of nitrogens with zero attached hydrogens (tertiary/aromatic N) is 3. The summed E-state index contributed by atoms with van der Waals surface area (Å²) >= 11 is 2.07. The summed E-state index contributed by atoms with van der Waals surface area (Å²) in [5.41, 5.74) is 5.35. The van der Waals surface area contributed by atoms with E-state index in [2.05, 4.69) is 44.6 Å². The van der Waals surface area contributed by atoms with Crippen molar-refractivity contribution in [1.82, 2.24) is 14.8 Å². The number of carbonyl (C=O) groups excluding carboxylic acids is 2. The predicted molar refractivity (Wildman–Crippen MR) is 202 cm³/mol. The molecule has 0 bridgehead atoms. The van der Waals surface area contributed by atoms with Crippen molar-refractivity contribution in [3.8, 4) is 11.5 Å². The lowest BCUT2D eigenvalue weighted by atomic mass is 9.58. The maximum Gasteiger partial charge on any atom is 0.455 e. The Balaban J connectivity index is 1.11. The number of ether oxygens (including phenoxy) is 1. The molecule has 0 radical (unpaired) electrons. The summed E-state index contributed by atoms with van der Waals surface area (Å²) in [4.78, 5) is 36.8. The first-order valence-electron chi connectivity index (χ1n) is 17.7. The molecule has 0 unspecified atom stereocenters. The minimum Gasteiger partial charge on any atom is -0.504 e. The second kappa shape index (κ2) is 15.6. The summed E-state index contributed by atoms with van der Waals surface area (Å²) < 4.78 is 12.2. The molecule has 3 aromatic rings. The molecule has 4 atom stereocenters. The highest BCUT2D eigenvalue weighted by Crippen LogP contribution is 2.51. The molecule has 10 nitrogen and oxygen atoms in total. The van der Waals surface area contributed by atoms with Crippen molar-refractivity contribution in [2.45, 2.75) is 57.1 Å². The van der Waals surface area contributed by atoms with Crippen LogP contribution in [0.25, 0.3) is 11.6 Å². The molecule has 51 heavy (non-hydrogen) atoms. The van der Waals surface area contributed by atoms with Gasteiger partial charge in [0.05, 0.1) is 40.9 Å². The number of aliphatic hydroxyl groups excluding tert-OH is 1. The third kappa shape index (κ3) is 7.39. The van der Waals surface area contributed by atoms with Crippen molar-refractivity contribution in [2.75, 3.05) is 26.8 Å². The third-order valence-electron chi connectivity index (χ3n) is 11.0. The van der Waals surface area contributed by atoms with Crippen molar-refractivity contribution in [3.05, 3.63) is 98.4 Å². The van der Waals surface area contributed by atoms with Crippen molar-refractivity contribution in [3.63, 3.8) is 0 Å². The number of hydrogen-bond donors (Lipinski definition) is 3. The molecule has 266 valence electrons. The highest BCUT2D eigenvalue weighted by atomic mass is 127. The van der Waals surface area contributed by atoms with Crippen LogP contribution in [0.2, 0.25) is 6.32 Å². The normalized spacial score (nSPS) is 24.6. The Bertz CT molecular complexity index is 1820. The third-order valence-corrected chi connectivity index (χ3v) is 11.8. The van der Waals surface area contributed by atoms with E-state index in [1.165, 1.54) is 12.7 Å². The van der Waals surface area contributed by atoms with Crippen LogP contribution in [0.15, 0.2) is 78.0 Å². The largest absolute Gasteiger partial charge is 0.504 e. The van der Waals surface area contributed by atoms with E-state index in [4.69, 9.17) is 9.39 Å². The first-order valence-corrected chi connectivity index (χ1v) is 18.8. The first-order chi connectivity index (χ1) is 24.7. The zero-order chi connectivity index (χ0) is 35.6. The van der Waals surface area contributed by atoms with Gasteiger partial charge < -0.3 is 24.6 Å². The summed E-state index contributed by atoms with van der Waals surface area (Å²) in [5, 5.41) is 32.1. The average molecular weight is 804 g/mol.